The van der Waals surface area contributed by atoms with Crippen molar-refractivity contribution in [2.45, 2.75) is 44.1 Å². The summed E-state index contributed by atoms with van der Waals surface area (Å²) < 4.78 is 24.8. The van der Waals surface area contributed by atoms with Crippen LogP contribution in [0.1, 0.15) is 31.2 Å². The van der Waals surface area contributed by atoms with Gasteiger partial charge >= 0.3 is 6.03 Å². The molecule has 6 heteroatoms. The minimum Gasteiger partial charge on any atom is -0.348 e. The van der Waals surface area contributed by atoms with Crippen LogP contribution in [0.15, 0.2) is 24.3 Å². The molecule has 1 aromatic carbocycles. The highest BCUT2D eigenvalue weighted by Crippen LogP contribution is 2.35. The number of ether oxygens (including phenoxy) is 2. The summed E-state index contributed by atoms with van der Waals surface area (Å²) in [5, 5.41) is 5.63. The zero-order valence-corrected chi connectivity index (χ0v) is 12.4. The quantitative estimate of drug-likeness (QED) is 0.901. The van der Waals surface area contributed by atoms with Crippen molar-refractivity contribution in [1.29, 1.82) is 0 Å². The first kappa shape index (κ1) is 15.2. The summed E-state index contributed by atoms with van der Waals surface area (Å²) in [7, 11) is 0. The highest BCUT2D eigenvalue weighted by atomic mass is 19.1. The van der Waals surface area contributed by atoms with E-state index >= 15 is 0 Å². The van der Waals surface area contributed by atoms with Gasteiger partial charge in [0.05, 0.1) is 13.2 Å². The monoisotopic (exact) mass is 308 g/mol. The third kappa shape index (κ3) is 3.56. The molecule has 2 fully saturated rings. The van der Waals surface area contributed by atoms with Gasteiger partial charge in [-0.2, -0.15) is 0 Å². The number of carbonyl (C=O) groups is 1. The molecule has 1 saturated carbocycles. The van der Waals surface area contributed by atoms with Gasteiger partial charge in [-0.05, 0) is 18.9 Å². The van der Waals surface area contributed by atoms with Gasteiger partial charge in [0.15, 0.2) is 5.79 Å². The van der Waals surface area contributed by atoms with Gasteiger partial charge in [0, 0.05) is 31.0 Å². The van der Waals surface area contributed by atoms with Crippen molar-refractivity contribution >= 4 is 6.03 Å². The Morgan fingerprint density at radius 3 is 2.59 bits per heavy atom. The van der Waals surface area contributed by atoms with Crippen molar-refractivity contribution in [3.8, 4) is 0 Å². The Kier molecular flexibility index (Phi) is 4.59. The smallest absolute Gasteiger partial charge is 0.315 e. The van der Waals surface area contributed by atoms with Crippen molar-refractivity contribution in [3.05, 3.63) is 35.6 Å². The molecule has 2 amide bonds. The molecule has 0 radical (unpaired) electrons. The van der Waals surface area contributed by atoms with Crippen LogP contribution in [0.5, 0.6) is 0 Å². The largest absolute Gasteiger partial charge is 0.348 e. The molecule has 120 valence electrons. The lowest BCUT2D eigenvalue weighted by Crippen LogP contribution is -2.47. The summed E-state index contributed by atoms with van der Waals surface area (Å²) in [6.07, 6.45) is 3.25. The molecule has 0 atom stereocenters. The fourth-order valence-corrected chi connectivity index (χ4v) is 3.04. The first-order valence-corrected chi connectivity index (χ1v) is 7.73. The van der Waals surface area contributed by atoms with Crippen molar-refractivity contribution in [2.75, 3.05) is 13.2 Å². The Labute approximate surface area is 129 Å². The average Bonchev–Trinajstić information content (AvgIpc) is 2.97. The maximum Gasteiger partial charge on any atom is 0.315 e. The Morgan fingerprint density at radius 1 is 1.23 bits per heavy atom. The van der Waals surface area contributed by atoms with Gasteiger partial charge in [0.25, 0.3) is 0 Å². The number of benzene rings is 1. The Morgan fingerprint density at radius 2 is 1.91 bits per heavy atom. The summed E-state index contributed by atoms with van der Waals surface area (Å²) in [5.41, 5.74) is 0.480. The normalized spacial score (nSPS) is 21.0. The lowest BCUT2D eigenvalue weighted by Gasteiger charge is -2.35. The first-order valence-electron chi connectivity index (χ1n) is 7.73. The molecule has 0 unspecified atom stereocenters. The van der Waals surface area contributed by atoms with E-state index in [2.05, 4.69) is 10.6 Å². The highest BCUT2D eigenvalue weighted by Gasteiger charge is 2.40. The van der Waals surface area contributed by atoms with Crippen LogP contribution in [0.2, 0.25) is 0 Å². The molecule has 2 N–H and O–H groups in total. The number of nitrogens with one attached hydrogen (secondary N) is 2. The van der Waals surface area contributed by atoms with E-state index < -0.39 is 5.79 Å². The van der Waals surface area contributed by atoms with E-state index in [0.29, 0.717) is 18.8 Å². The molecule has 0 aromatic heterocycles. The van der Waals surface area contributed by atoms with E-state index in [9.17, 15) is 9.18 Å². The number of carbonyl (C=O) groups excluding carboxylic acids is 1. The summed E-state index contributed by atoms with van der Waals surface area (Å²) in [6.45, 7) is 1.49. The molecule has 1 saturated heterocycles. The van der Waals surface area contributed by atoms with Crippen molar-refractivity contribution in [1.82, 2.24) is 10.6 Å². The highest BCUT2D eigenvalue weighted by molar-refractivity contribution is 5.74. The maximum absolute atomic E-state index is 13.5. The number of halogens is 1. The van der Waals surface area contributed by atoms with Crippen LogP contribution in [0.3, 0.4) is 0 Å². The fourth-order valence-electron chi connectivity index (χ4n) is 3.04. The number of amides is 2. The van der Waals surface area contributed by atoms with Crippen LogP contribution >= 0.6 is 0 Å². The average molecular weight is 308 g/mol. The Bertz CT molecular complexity index is 522. The number of hydrogen-bond acceptors (Lipinski definition) is 3. The Balaban J connectivity index is 1.42. The van der Waals surface area contributed by atoms with E-state index in [1.165, 1.54) is 6.07 Å². The van der Waals surface area contributed by atoms with Crippen molar-refractivity contribution in [2.24, 2.45) is 0 Å². The van der Waals surface area contributed by atoms with E-state index in [-0.39, 0.29) is 24.4 Å². The van der Waals surface area contributed by atoms with Crippen LogP contribution in [-0.2, 0) is 16.0 Å². The minimum atomic E-state index is -0.415. The summed E-state index contributed by atoms with van der Waals surface area (Å²) >= 11 is 0. The lowest BCUT2D eigenvalue weighted by atomic mass is 9.90. The molecule has 1 heterocycles. The molecule has 1 aromatic rings. The summed E-state index contributed by atoms with van der Waals surface area (Å²) in [5.74, 6) is -0.722. The lowest BCUT2D eigenvalue weighted by molar-refractivity contribution is -0.179. The molecule has 1 spiro atoms. The van der Waals surface area contributed by atoms with Crippen LogP contribution in [0, 0.1) is 5.82 Å². The van der Waals surface area contributed by atoms with Crippen LogP contribution < -0.4 is 10.6 Å². The molecular weight excluding hydrogens is 287 g/mol. The summed E-state index contributed by atoms with van der Waals surface area (Å²) in [6, 6.07) is 6.27. The van der Waals surface area contributed by atoms with Crippen molar-refractivity contribution in [3.63, 3.8) is 0 Å². The fraction of sp³-hybridized carbons (Fsp3) is 0.562. The van der Waals surface area contributed by atoms with E-state index in [1.807, 2.05) is 0 Å². The zero-order valence-electron chi connectivity index (χ0n) is 12.4. The van der Waals surface area contributed by atoms with Gasteiger partial charge < -0.3 is 20.1 Å². The molecule has 1 aliphatic heterocycles. The SMILES string of the molecule is O=C(NCc1ccccc1F)NC1CCC2(CC1)OCCO2. The zero-order chi connectivity index (χ0) is 15.4. The molecule has 3 rings (SSSR count). The van der Waals surface area contributed by atoms with E-state index in [0.717, 1.165) is 25.7 Å². The first-order chi connectivity index (χ1) is 10.7. The molecule has 1 aliphatic carbocycles. The standard InChI is InChI=1S/C16H21FN2O3/c17-14-4-2-1-3-12(14)11-18-15(20)19-13-5-7-16(8-6-13)21-9-10-22-16/h1-4,13H,5-11H2,(H2,18,19,20). The maximum atomic E-state index is 13.5. The predicted molar refractivity (Wildman–Crippen MR) is 78.7 cm³/mol. The van der Waals surface area contributed by atoms with E-state index in [4.69, 9.17) is 9.47 Å². The van der Waals surface area contributed by atoms with Gasteiger partial charge in [0.1, 0.15) is 5.82 Å². The van der Waals surface area contributed by atoms with E-state index in [1.54, 1.807) is 18.2 Å². The molecule has 5 nitrogen and oxygen atoms in total. The number of hydrogen-bond donors (Lipinski definition) is 2. The van der Waals surface area contributed by atoms with Gasteiger partial charge in [0.2, 0.25) is 0 Å². The third-order valence-corrected chi connectivity index (χ3v) is 4.29. The van der Waals surface area contributed by atoms with Gasteiger partial charge in [-0.1, -0.05) is 18.2 Å². The van der Waals surface area contributed by atoms with Gasteiger partial charge in [-0.15, -0.1) is 0 Å². The molecule has 0 bridgehead atoms. The predicted octanol–water partition coefficient (Wildman–Crippen LogP) is 2.31. The van der Waals surface area contributed by atoms with Gasteiger partial charge in [-0.3, -0.25) is 0 Å². The second-order valence-electron chi connectivity index (χ2n) is 5.80. The number of rotatable bonds is 3. The number of urea groups is 1. The second kappa shape index (κ2) is 6.62. The Hall–Kier alpha value is -1.66. The molecule has 2 aliphatic rings. The topological polar surface area (TPSA) is 59.6 Å². The van der Waals surface area contributed by atoms with Crippen LogP contribution in [0.4, 0.5) is 9.18 Å². The second-order valence-corrected chi connectivity index (χ2v) is 5.80. The van der Waals surface area contributed by atoms with Crippen LogP contribution in [0.25, 0.3) is 0 Å². The third-order valence-electron chi connectivity index (χ3n) is 4.29. The summed E-state index contributed by atoms with van der Waals surface area (Å²) in [4.78, 5) is 11.9. The van der Waals surface area contributed by atoms with Crippen molar-refractivity contribution < 1.29 is 18.7 Å². The van der Waals surface area contributed by atoms with Crippen LogP contribution in [-0.4, -0.2) is 31.1 Å². The molecule has 22 heavy (non-hydrogen) atoms. The van der Waals surface area contributed by atoms with Gasteiger partial charge in [-0.25, -0.2) is 9.18 Å². The molecular formula is C16H21FN2O3. The minimum absolute atomic E-state index is 0.110.